The van der Waals surface area contributed by atoms with Crippen LogP contribution in [0.4, 0.5) is 11.4 Å². The van der Waals surface area contributed by atoms with E-state index in [1.165, 1.54) is 6.07 Å². The van der Waals surface area contributed by atoms with E-state index in [1.54, 1.807) is 16.8 Å². The Balaban J connectivity index is 2.33. The average molecular weight is 274 g/mol. The lowest BCUT2D eigenvalue weighted by Gasteiger charge is -2.16. The highest BCUT2D eigenvalue weighted by molar-refractivity contribution is 5.55. The molecule has 0 amide bonds. The van der Waals surface area contributed by atoms with E-state index < -0.39 is 0 Å². The first-order valence-corrected chi connectivity index (χ1v) is 6.42. The van der Waals surface area contributed by atoms with Gasteiger partial charge in [-0.15, -0.1) is 0 Å². The number of benzene rings is 1. The van der Waals surface area contributed by atoms with Gasteiger partial charge in [-0.1, -0.05) is 18.2 Å². The molecule has 20 heavy (non-hydrogen) atoms. The molecule has 6 nitrogen and oxygen atoms in total. The Morgan fingerprint density at radius 2 is 2.00 bits per heavy atom. The van der Waals surface area contributed by atoms with Crippen LogP contribution >= 0.6 is 0 Å². The van der Waals surface area contributed by atoms with Crippen molar-refractivity contribution in [2.24, 2.45) is 7.05 Å². The summed E-state index contributed by atoms with van der Waals surface area (Å²) in [4.78, 5) is 10.7. The molecule has 0 saturated carbocycles. The highest BCUT2D eigenvalue weighted by atomic mass is 16.6. The Hall–Kier alpha value is -2.37. The van der Waals surface area contributed by atoms with Crippen molar-refractivity contribution in [2.75, 3.05) is 5.32 Å². The van der Waals surface area contributed by atoms with Crippen LogP contribution in [0.2, 0.25) is 0 Å². The van der Waals surface area contributed by atoms with Crippen LogP contribution in [0.15, 0.2) is 24.3 Å². The van der Waals surface area contributed by atoms with Crippen molar-refractivity contribution < 1.29 is 4.92 Å². The Kier molecular flexibility index (Phi) is 3.74. The monoisotopic (exact) mass is 274 g/mol. The first-order valence-electron chi connectivity index (χ1n) is 6.42. The molecule has 0 fully saturated rings. The van der Waals surface area contributed by atoms with Gasteiger partial charge in [0.1, 0.15) is 0 Å². The fourth-order valence-electron chi connectivity index (χ4n) is 2.30. The highest BCUT2D eigenvalue weighted by Gasteiger charge is 2.20. The van der Waals surface area contributed by atoms with E-state index in [4.69, 9.17) is 0 Å². The average Bonchev–Trinajstić information content (AvgIpc) is 2.65. The second kappa shape index (κ2) is 5.32. The molecule has 0 aliphatic heterocycles. The number of hydrogen-bond donors (Lipinski definition) is 1. The second-order valence-corrected chi connectivity index (χ2v) is 4.85. The summed E-state index contributed by atoms with van der Waals surface area (Å²) in [5.74, 6) is 0. The molecule has 1 aromatic heterocycles. The van der Waals surface area contributed by atoms with Crippen LogP contribution in [0.1, 0.15) is 29.9 Å². The second-order valence-electron chi connectivity index (χ2n) is 4.85. The number of para-hydroxylation sites is 1. The van der Waals surface area contributed by atoms with E-state index in [9.17, 15) is 10.1 Å². The van der Waals surface area contributed by atoms with Crippen LogP contribution in [-0.2, 0) is 7.05 Å². The molecule has 2 rings (SSSR count). The van der Waals surface area contributed by atoms with Crippen LogP contribution in [0.3, 0.4) is 0 Å². The number of nitro benzene ring substituents is 1. The molecule has 1 atom stereocenters. The van der Waals surface area contributed by atoms with Crippen LogP contribution in [0.5, 0.6) is 0 Å². The van der Waals surface area contributed by atoms with Crippen molar-refractivity contribution in [1.82, 2.24) is 9.78 Å². The summed E-state index contributed by atoms with van der Waals surface area (Å²) in [6.07, 6.45) is 0. The summed E-state index contributed by atoms with van der Waals surface area (Å²) in [6.45, 7) is 5.80. The minimum Gasteiger partial charge on any atom is -0.375 e. The molecule has 2 aromatic rings. The third-order valence-corrected chi connectivity index (χ3v) is 3.47. The predicted octanol–water partition coefficient (Wildman–Crippen LogP) is 3.12. The van der Waals surface area contributed by atoms with Crippen molar-refractivity contribution in [3.63, 3.8) is 0 Å². The van der Waals surface area contributed by atoms with Gasteiger partial charge in [0.2, 0.25) is 0 Å². The maximum atomic E-state index is 11.1. The molecule has 1 unspecified atom stereocenters. The molecule has 0 radical (unpaired) electrons. The summed E-state index contributed by atoms with van der Waals surface area (Å²) in [7, 11) is 1.88. The molecular formula is C14H18N4O2. The molecule has 0 aliphatic rings. The zero-order valence-corrected chi connectivity index (χ0v) is 12.0. The maximum Gasteiger partial charge on any atom is 0.274 e. The molecule has 1 N–H and O–H groups in total. The van der Waals surface area contributed by atoms with Crippen LogP contribution in [-0.4, -0.2) is 14.7 Å². The number of anilines is 1. The third kappa shape index (κ3) is 2.49. The summed E-state index contributed by atoms with van der Waals surface area (Å²) in [5.41, 5.74) is 3.62. The predicted molar refractivity (Wildman–Crippen MR) is 77.8 cm³/mol. The highest BCUT2D eigenvalue weighted by Crippen LogP contribution is 2.29. The van der Waals surface area contributed by atoms with Gasteiger partial charge in [0, 0.05) is 13.1 Å². The quantitative estimate of drug-likeness (QED) is 0.686. The van der Waals surface area contributed by atoms with Gasteiger partial charge in [0.05, 0.1) is 33.6 Å². The zero-order valence-electron chi connectivity index (χ0n) is 12.0. The maximum absolute atomic E-state index is 11.1. The molecule has 0 bridgehead atoms. The summed E-state index contributed by atoms with van der Waals surface area (Å²) in [5, 5.41) is 18.7. The minimum atomic E-state index is -0.351. The minimum absolute atomic E-state index is 0.131. The number of aromatic nitrogens is 2. The molecule has 1 heterocycles. The van der Waals surface area contributed by atoms with Crippen molar-refractivity contribution >= 4 is 11.4 Å². The number of nitrogens with zero attached hydrogens (tertiary/aromatic N) is 3. The SMILES string of the molecule is Cc1nn(C)c(C)c1NC(C)c1ccccc1[N+](=O)[O-]. The van der Waals surface area contributed by atoms with Gasteiger partial charge >= 0.3 is 0 Å². The van der Waals surface area contributed by atoms with E-state index >= 15 is 0 Å². The number of nitrogens with one attached hydrogen (secondary N) is 1. The standard InChI is InChI=1S/C14H18N4O2/c1-9(12-7-5-6-8-13(12)18(19)20)15-14-10(2)16-17(4)11(14)3/h5-9,15H,1-4H3. The Morgan fingerprint density at radius 1 is 1.35 bits per heavy atom. The van der Waals surface area contributed by atoms with E-state index in [1.807, 2.05) is 33.9 Å². The summed E-state index contributed by atoms with van der Waals surface area (Å²) < 4.78 is 1.80. The normalized spacial score (nSPS) is 12.2. The van der Waals surface area contributed by atoms with E-state index in [2.05, 4.69) is 10.4 Å². The van der Waals surface area contributed by atoms with Crippen molar-refractivity contribution in [3.05, 3.63) is 51.3 Å². The molecular weight excluding hydrogens is 256 g/mol. The first kappa shape index (κ1) is 14.0. The zero-order chi connectivity index (χ0) is 14.9. The molecule has 6 heteroatoms. The van der Waals surface area contributed by atoms with Crippen LogP contribution < -0.4 is 5.32 Å². The summed E-state index contributed by atoms with van der Waals surface area (Å²) >= 11 is 0. The van der Waals surface area contributed by atoms with E-state index in [-0.39, 0.29) is 16.7 Å². The van der Waals surface area contributed by atoms with Crippen LogP contribution in [0.25, 0.3) is 0 Å². The molecule has 0 spiro atoms. The molecule has 0 saturated heterocycles. The van der Waals surface area contributed by atoms with Crippen molar-refractivity contribution in [1.29, 1.82) is 0 Å². The number of nitro groups is 1. The lowest BCUT2D eigenvalue weighted by Crippen LogP contribution is -2.10. The fraction of sp³-hybridized carbons (Fsp3) is 0.357. The van der Waals surface area contributed by atoms with E-state index in [0.29, 0.717) is 5.56 Å². The van der Waals surface area contributed by atoms with Crippen LogP contribution in [0, 0.1) is 24.0 Å². The lowest BCUT2D eigenvalue weighted by atomic mass is 10.1. The van der Waals surface area contributed by atoms with Gasteiger partial charge in [0.15, 0.2) is 0 Å². The van der Waals surface area contributed by atoms with Crippen molar-refractivity contribution in [2.45, 2.75) is 26.8 Å². The van der Waals surface area contributed by atoms with Crippen molar-refractivity contribution in [3.8, 4) is 0 Å². The van der Waals surface area contributed by atoms with Gasteiger partial charge in [-0.2, -0.15) is 5.10 Å². The fourth-order valence-corrected chi connectivity index (χ4v) is 2.30. The van der Waals surface area contributed by atoms with E-state index in [0.717, 1.165) is 17.1 Å². The molecule has 106 valence electrons. The number of rotatable bonds is 4. The van der Waals surface area contributed by atoms with Gasteiger partial charge in [-0.05, 0) is 20.8 Å². The Labute approximate surface area is 117 Å². The smallest absolute Gasteiger partial charge is 0.274 e. The Bertz CT molecular complexity index is 649. The molecule has 0 aliphatic carbocycles. The van der Waals surface area contributed by atoms with Gasteiger partial charge in [0.25, 0.3) is 5.69 Å². The number of aryl methyl sites for hydroxylation is 2. The first-order chi connectivity index (χ1) is 9.41. The van der Waals surface area contributed by atoms with Gasteiger partial charge in [-0.3, -0.25) is 14.8 Å². The topological polar surface area (TPSA) is 73.0 Å². The summed E-state index contributed by atoms with van der Waals surface area (Å²) in [6, 6.07) is 6.62. The Morgan fingerprint density at radius 3 is 2.55 bits per heavy atom. The number of hydrogen-bond acceptors (Lipinski definition) is 4. The molecule has 1 aromatic carbocycles. The third-order valence-electron chi connectivity index (χ3n) is 3.47. The van der Waals surface area contributed by atoms with Gasteiger partial charge in [-0.25, -0.2) is 0 Å². The lowest BCUT2D eigenvalue weighted by molar-refractivity contribution is -0.385. The van der Waals surface area contributed by atoms with Gasteiger partial charge < -0.3 is 5.32 Å². The largest absolute Gasteiger partial charge is 0.375 e.